The molecule has 100 heavy (non-hydrogen) atoms. The zero-order valence-corrected chi connectivity index (χ0v) is 62.1. The van der Waals surface area contributed by atoms with E-state index in [0.717, 1.165) is 43.4 Å². The van der Waals surface area contributed by atoms with E-state index in [9.17, 15) is 46.7 Å². The fraction of sp³-hybridized carbons (Fsp3) is 0.831. The minimum atomic E-state index is -4.51. The second-order valence-electron chi connectivity index (χ2n) is 30.6. The first-order valence-electron chi connectivity index (χ1n) is 36.7. The molecule has 0 radical (unpaired) electrons. The van der Waals surface area contributed by atoms with E-state index < -0.39 is 173 Å². The van der Waals surface area contributed by atoms with Crippen LogP contribution in [0.5, 0.6) is 0 Å². The molecule has 7 rings (SSSR count). The lowest BCUT2D eigenvalue weighted by atomic mass is 9.78. The van der Waals surface area contributed by atoms with E-state index in [-0.39, 0.29) is 101 Å². The number of piperidine rings is 1. The van der Waals surface area contributed by atoms with Crippen molar-refractivity contribution in [3.05, 3.63) is 0 Å². The summed E-state index contributed by atoms with van der Waals surface area (Å²) in [5.41, 5.74) is -1.57. The van der Waals surface area contributed by atoms with E-state index in [4.69, 9.17) is 16.3 Å². The molecule has 29 heteroatoms. The normalized spacial score (nSPS) is 31.0. The van der Waals surface area contributed by atoms with E-state index in [1.807, 2.05) is 13.8 Å². The number of amides is 12. The van der Waals surface area contributed by atoms with Gasteiger partial charge in [-0.25, -0.2) is 0 Å². The Bertz CT molecular complexity index is 2940. The molecular weight excluding hydrogens is 1320 g/mol. The van der Waals surface area contributed by atoms with Gasteiger partial charge in [-0.2, -0.15) is 13.2 Å². The van der Waals surface area contributed by atoms with Crippen molar-refractivity contribution in [1.82, 2.24) is 60.0 Å². The maximum Gasteiger partial charge on any atom is 0.393 e. The van der Waals surface area contributed by atoms with Crippen LogP contribution in [0.3, 0.4) is 0 Å². The summed E-state index contributed by atoms with van der Waals surface area (Å²) in [5.74, 6) is -10.6. The van der Waals surface area contributed by atoms with Gasteiger partial charge in [-0.15, -0.1) is 11.6 Å². The van der Waals surface area contributed by atoms with Gasteiger partial charge in [-0.3, -0.25) is 57.5 Å². The van der Waals surface area contributed by atoms with E-state index in [2.05, 4.69) is 16.0 Å². The highest BCUT2D eigenvalue weighted by molar-refractivity contribution is 6.21. The second-order valence-corrected chi connectivity index (χ2v) is 31.2. The molecule has 0 aromatic heterocycles. The summed E-state index contributed by atoms with van der Waals surface area (Å²) in [6, 6.07) is -11.2. The summed E-state index contributed by atoms with van der Waals surface area (Å²) in [7, 11) is 9.89. The summed E-state index contributed by atoms with van der Waals surface area (Å²) < 4.78 is 47.7. The van der Waals surface area contributed by atoms with Gasteiger partial charge >= 0.3 is 6.18 Å². The van der Waals surface area contributed by atoms with Crippen molar-refractivity contribution in [2.45, 2.75) is 267 Å². The Labute approximate surface area is 594 Å². The third-order valence-corrected chi connectivity index (χ3v) is 23.4. The van der Waals surface area contributed by atoms with Crippen molar-refractivity contribution in [2.75, 3.05) is 82.1 Å². The molecule has 4 saturated heterocycles. The minimum Gasteiger partial charge on any atom is -0.379 e. The average Bonchev–Trinajstić information content (AvgIpc) is 1.14. The SMILES string of the molecule is CO[C@H](C)[C@@H]1NC(=O)[C@H](CC(C)C)N(C)C(=O)C[C@@H](C(=O)N2CCCCC2)N(C)C(=O)[C@H](C(C)C)N(C)C(=O)C2(CCCC2)NC(=O)[C@@H]2CCCN2C(=O)[C@H](CCC2CCC(C(F)(F)F)C(Cl)C2)NC(=O)CN(C)C(=O)[C@H](CC2CCCCC2)N(C)C(=O)[C@@H]2CCN2C(=O)[C@H](C)N(C)C1=O. The lowest BCUT2D eigenvalue weighted by Gasteiger charge is -2.45. The van der Waals surface area contributed by atoms with Crippen molar-refractivity contribution >= 4 is 82.5 Å². The number of ether oxygens (including phenoxy) is 1. The monoisotopic (exact) mass is 1430 g/mol. The number of fused-ring (bicyclic) bond motifs is 2. The number of likely N-dealkylation sites (tertiary alicyclic amines) is 1. The van der Waals surface area contributed by atoms with Crippen molar-refractivity contribution in [3.63, 3.8) is 0 Å². The van der Waals surface area contributed by atoms with Gasteiger partial charge in [0.1, 0.15) is 59.9 Å². The Hall–Kier alpha value is -6.32. The van der Waals surface area contributed by atoms with Crippen LogP contribution in [0.2, 0.25) is 0 Å². The van der Waals surface area contributed by atoms with Crippen LogP contribution in [0.25, 0.3) is 0 Å². The number of rotatable bonds is 11. The largest absolute Gasteiger partial charge is 0.393 e. The highest BCUT2D eigenvalue weighted by Gasteiger charge is 2.52. The molecule has 0 aromatic carbocycles. The van der Waals surface area contributed by atoms with Gasteiger partial charge in [-0.05, 0) is 134 Å². The van der Waals surface area contributed by atoms with Crippen LogP contribution >= 0.6 is 11.6 Å². The van der Waals surface area contributed by atoms with E-state index in [0.29, 0.717) is 45.2 Å². The molecule has 4 heterocycles. The fourth-order valence-corrected chi connectivity index (χ4v) is 16.8. The van der Waals surface area contributed by atoms with Crippen LogP contribution in [0.15, 0.2) is 0 Å². The molecule has 3 N–H and O–H groups in total. The molecule has 12 amide bonds. The molecule has 3 unspecified atom stereocenters. The first kappa shape index (κ1) is 81.0. The smallest absolute Gasteiger partial charge is 0.379 e. The molecule has 7 fully saturated rings. The number of likely N-dealkylation sites (N-methyl/N-ethyl adjacent to an activating group) is 6. The lowest BCUT2D eigenvalue weighted by molar-refractivity contribution is -0.182. The van der Waals surface area contributed by atoms with Crippen molar-refractivity contribution in [3.8, 4) is 0 Å². The van der Waals surface area contributed by atoms with Gasteiger partial charge in [0.05, 0.1) is 25.0 Å². The highest BCUT2D eigenvalue weighted by Crippen LogP contribution is 2.44. The van der Waals surface area contributed by atoms with Crippen LogP contribution < -0.4 is 16.0 Å². The van der Waals surface area contributed by atoms with Gasteiger partial charge < -0.3 is 64.8 Å². The number of nitrogens with one attached hydrogen (secondary N) is 3. The Morgan fingerprint density at radius 2 is 1.24 bits per heavy atom. The predicted molar refractivity (Wildman–Crippen MR) is 367 cm³/mol. The van der Waals surface area contributed by atoms with Crippen LogP contribution in [0, 0.1) is 29.6 Å². The molecule has 1 spiro atoms. The number of hydrogen-bond acceptors (Lipinski definition) is 13. The van der Waals surface area contributed by atoms with Crippen LogP contribution in [-0.2, 0) is 62.3 Å². The molecule has 25 nitrogen and oxygen atoms in total. The second kappa shape index (κ2) is 35.2. The third-order valence-electron chi connectivity index (χ3n) is 22.9. The molecule has 564 valence electrons. The topological polar surface area (TPSA) is 279 Å². The molecule has 13 atom stereocenters. The van der Waals surface area contributed by atoms with Crippen molar-refractivity contribution in [1.29, 1.82) is 0 Å². The van der Waals surface area contributed by atoms with E-state index in [1.54, 1.807) is 25.7 Å². The van der Waals surface area contributed by atoms with Gasteiger partial charge in [0.15, 0.2) is 0 Å². The van der Waals surface area contributed by atoms with Crippen LogP contribution in [0.1, 0.15) is 189 Å². The van der Waals surface area contributed by atoms with Crippen molar-refractivity contribution < 1.29 is 75.4 Å². The number of hydrogen-bond donors (Lipinski definition) is 3. The minimum absolute atomic E-state index is 0.00309. The molecule has 3 saturated carbocycles. The number of carbonyl (C=O) groups excluding carboxylic acids is 12. The first-order chi connectivity index (χ1) is 47.0. The predicted octanol–water partition coefficient (Wildman–Crippen LogP) is 5.08. The molecule has 0 bridgehead atoms. The Kier molecular flexibility index (Phi) is 28.5. The number of halogens is 4. The zero-order chi connectivity index (χ0) is 74.0. The summed E-state index contributed by atoms with van der Waals surface area (Å²) in [6.45, 7) is 10.5. The highest BCUT2D eigenvalue weighted by atomic mass is 35.5. The quantitative estimate of drug-likeness (QED) is 0.228. The van der Waals surface area contributed by atoms with Gasteiger partial charge in [-0.1, -0.05) is 72.6 Å². The van der Waals surface area contributed by atoms with Gasteiger partial charge in [0.2, 0.25) is 70.9 Å². The molecule has 4 aliphatic heterocycles. The Morgan fingerprint density at radius 3 is 1.82 bits per heavy atom. The molecule has 3 aliphatic carbocycles. The van der Waals surface area contributed by atoms with E-state index in [1.165, 1.54) is 90.6 Å². The summed E-state index contributed by atoms with van der Waals surface area (Å²) in [4.78, 5) is 191. The number of methoxy groups -OCH3 is 1. The number of nitrogens with zero attached hydrogens (tertiary/aromatic N) is 9. The number of carbonyl (C=O) groups is 12. The zero-order valence-electron chi connectivity index (χ0n) is 61.4. The first-order valence-corrected chi connectivity index (χ1v) is 37.1. The Balaban J connectivity index is 1.27. The third kappa shape index (κ3) is 19.1. The maximum atomic E-state index is 15.4. The molecule has 7 aliphatic rings. The Morgan fingerprint density at radius 1 is 0.610 bits per heavy atom. The van der Waals surface area contributed by atoms with E-state index >= 15 is 24.0 Å². The average molecular weight is 1440 g/mol. The lowest BCUT2D eigenvalue weighted by Crippen LogP contribution is -2.65. The van der Waals surface area contributed by atoms with Crippen molar-refractivity contribution in [2.24, 2.45) is 29.6 Å². The fourth-order valence-electron chi connectivity index (χ4n) is 16.3. The standard InChI is InChI=1S/C71H114ClF3N12O13/c1-42(2)37-53-60(90)77-58(45(6)100-13)67(97)80(8)44(5)62(92)87-36-30-52(87)65(95)82(10)54(39-46-23-16-14-17-24-46)64(94)79(7)41-56(88)76-50(29-27-47-26-28-48(49(72)38-47)71(73,74)75)63(93)86-35-22-25-51(86)61(91)78-70(31-18-19-32-70)69(99)84(12)59(43(3)4)68(98)83(11)55(40-57(89)81(53)9)66(96)85-33-20-15-21-34-85/h42-55,58-59H,14-41H2,1-13H3,(H,76,88)(H,77,90)(H,78,91)/t44-,45+,47?,48?,49?,50-,51-,52-,53-,54-,55-,58-,59-/m0/s1. The molecule has 0 aromatic rings. The van der Waals surface area contributed by atoms with Crippen LogP contribution in [-0.4, -0.2) is 275 Å². The summed E-state index contributed by atoms with van der Waals surface area (Å²) >= 11 is 6.40. The summed E-state index contributed by atoms with van der Waals surface area (Å²) in [5, 5.41) is 7.47. The number of alkyl halides is 4. The molecular formula is C71H114ClF3N12O13. The van der Waals surface area contributed by atoms with Crippen LogP contribution in [0.4, 0.5) is 13.2 Å². The van der Waals surface area contributed by atoms with Gasteiger partial charge in [0.25, 0.3) is 0 Å². The summed E-state index contributed by atoms with van der Waals surface area (Å²) in [6.07, 6.45) is 2.95. The van der Waals surface area contributed by atoms with Gasteiger partial charge in [0, 0.05) is 81.0 Å². The maximum absolute atomic E-state index is 15.4.